The van der Waals surface area contributed by atoms with Gasteiger partial charge in [0, 0.05) is 11.5 Å². The van der Waals surface area contributed by atoms with E-state index in [1.165, 1.54) is 18.4 Å². The van der Waals surface area contributed by atoms with Gasteiger partial charge in [-0.2, -0.15) is 0 Å². The van der Waals surface area contributed by atoms with Gasteiger partial charge in [-0.05, 0) is 22.9 Å². The van der Waals surface area contributed by atoms with Crippen LogP contribution in [-0.2, 0) is 5.41 Å². The fraction of sp³-hybridized carbons (Fsp3) is 0.600. The molecule has 0 amide bonds. The highest BCUT2D eigenvalue weighted by molar-refractivity contribution is 5.21. The molecule has 1 aromatic carbocycles. The summed E-state index contributed by atoms with van der Waals surface area (Å²) in [4.78, 5) is 2.63. The van der Waals surface area contributed by atoms with Gasteiger partial charge in [0.25, 0.3) is 0 Å². The maximum Gasteiger partial charge on any atom is 0.0257 e. The number of nitrogens with zero attached hydrogens (tertiary/aromatic N) is 3. The highest BCUT2D eigenvalue weighted by Gasteiger charge is 2.11. The lowest BCUT2D eigenvalue weighted by atomic mass is 9.87. The van der Waals surface area contributed by atoms with Crippen LogP contribution in [0.15, 0.2) is 35.4 Å². The van der Waals surface area contributed by atoms with E-state index in [4.69, 9.17) is 5.53 Å². The lowest BCUT2D eigenvalue weighted by Gasteiger charge is -2.18. The fourth-order valence-corrected chi connectivity index (χ4v) is 1.42. The Morgan fingerprint density at radius 1 is 1.11 bits per heavy atom. The Balaban J connectivity index is 0.000000331. The van der Waals surface area contributed by atoms with Crippen molar-refractivity contribution in [2.75, 3.05) is 6.54 Å². The van der Waals surface area contributed by atoms with Gasteiger partial charge in [0.15, 0.2) is 0 Å². The molecule has 0 aliphatic carbocycles. The van der Waals surface area contributed by atoms with E-state index in [0.29, 0.717) is 12.0 Å². The molecule has 0 saturated heterocycles. The maximum atomic E-state index is 7.82. The molecule has 3 heteroatoms. The second kappa shape index (κ2) is 9.55. The molecule has 0 atom stereocenters. The minimum Gasteiger partial charge on any atom is -0.0940 e. The van der Waals surface area contributed by atoms with Crippen molar-refractivity contribution in [3.8, 4) is 0 Å². The van der Waals surface area contributed by atoms with E-state index < -0.39 is 0 Å². The number of hydrogen-bond acceptors (Lipinski definition) is 1. The average molecular weight is 247 g/mol. The second-order valence-electron chi connectivity index (χ2n) is 5.28. The summed E-state index contributed by atoms with van der Waals surface area (Å²) in [5.41, 5.74) is 9.51. The predicted octanol–water partition coefficient (Wildman–Crippen LogP) is 5.47. The van der Waals surface area contributed by atoms with Gasteiger partial charge in [-0.3, -0.25) is 0 Å². The summed E-state index contributed by atoms with van der Waals surface area (Å²) in [6.07, 6.45) is 3.38. The molecule has 0 N–H and O–H groups in total. The highest BCUT2D eigenvalue weighted by atomic mass is 15.1. The van der Waals surface area contributed by atoms with Gasteiger partial charge >= 0.3 is 0 Å². The number of unbranched alkanes of at least 4 members (excludes halogenated alkanes) is 2. The minimum absolute atomic E-state index is 0.293. The average Bonchev–Trinajstić information content (AvgIpc) is 2.36. The van der Waals surface area contributed by atoms with E-state index in [-0.39, 0.29) is 0 Å². The zero-order chi connectivity index (χ0) is 13.9. The van der Waals surface area contributed by atoms with Crippen LogP contribution in [0.4, 0.5) is 0 Å². The summed E-state index contributed by atoms with van der Waals surface area (Å²) < 4.78 is 0. The molecule has 0 saturated carbocycles. The summed E-state index contributed by atoms with van der Waals surface area (Å²) >= 11 is 0. The van der Waals surface area contributed by atoms with Crippen LogP contribution in [0.2, 0.25) is 0 Å². The van der Waals surface area contributed by atoms with Gasteiger partial charge in [0.1, 0.15) is 0 Å². The van der Waals surface area contributed by atoms with Crippen LogP contribution in [-0.4, -0.2) is 6.54 Å². The smallest absolute Gasteiger partial charge is 0.0257 e. The number of hydrogen-bond donors (Lipinski definition) is 0. The molecule has 0 aliphatic rings. The third kappa shape index (κ3) is 8.66. The Morgan fingerprint density at radius 3 is 2.11 bits per heavy atom. The standard InChI is InChI=1S/C10H14.C5H11N3/c1-10(2,3)9-7-5-4-6-8-9;1-2-3-4-5-7-8-6/h4-8H,1-3H3;2-5H2,1H3. The fourth-order valence-electron chi connectivity index (χ4n) is 1.42. The van der Waals surface area contributed by atoms with Crippen LogP contribution < -0.4 is 0 Å². The number of azide groups is 1. The van der Waals surface area contributed by atoms with Crippen LogP contribution in [0.25, 0.3) is 10.4 Å². The van der Waals surface area contributed by atoms with E-state index in [1.54, 1.807) is 0 Å². The first kappa shape index (κ1) is 16.5. The highest BCUT2D eigenvalue weighted by Crippen LogP contribution is 2.20. The lowest BCUT2D eigenvalue weighted by Crippen LogP contribution is -2.10. The van der Waals surface area contributed by atoms with E-state index in [2.05, 4.69) is 68.1 Å². The molecule has 0 radical (unpaired) electrons. The Bertz CT molecular complexity index is 346. The Kier molecular flexibility index (Phi) is 8.77. The maximum absolute atomic E-state index is 7.82. The number of benzene rings is 1. The number of rotatable bonds is 4. The quantitative estimate of drug-likeness (QED) is 0.293. The molecule has 0 aromatic heterocycles. The topological polar surface area (TPSA) is 48.8 Å². The SMILES string of the molecule is CC(C)(C)c1ccccc1.CCCCCN=[N+]=[N-]. The molecular formula is C15H25N3. The largest absolute Gasteiger partial charge is 0.0940 e. The van der Waals surface area contributed by atoms with E-state index in [9.17, 15) is 0 Å². The summed E-state index contributed by atoms with van der Waals surface area (Å²) in [6.45, 7) is 9.45. The third-order valence-electron chi connectivity index (χ3n) is 2.56. The molecule has 0 spiro atoms. The summed E-state index contributed by atoms with van der Waals surface area (Å²) in [6, 6.07) is 10.6. The third-order valence-corrected chi connectivity index (χ3v) is 2.56. The summed E-state index contributed by atoms with van der Waals surface area (Å²) in [5.74, 6) is 0. The van der Waals surface area contributed by atoms with Crippen molar-refractivity contribution >= 4 is 0 Å². The molecule has 0 unspecified atom stereocenters. The molecule has 0 aliphatic heterocycles. The molecule has 0 bridgehead atoms. The monoisotopic (exact) mass is 247 g/mol. The van der Waals surface area contributed by atoms with Gasteiger partial charge in [-0.15, -0.1) is 0 Å². The van der Waals surface area contributed by atoms with Crippen LogP contribution >= 0.6 is 0 Å². The van der Waals surface area contributed by atoms with Crippen LogP contribution in [0.3, 0.4) is 0 Å². The van der Waals surface area contributed by atoms with E-state index in [1.807, 2.05) is 0 Å². The van der Waals surface area contributed by atoms with Crippen molar-refractivity contribution in [1.29, 1.82) is 0 Å². The zero-order valence-electron chi connectivity index (χ0n) is 12.1. The molecule has 100 valence electrons. The van der Waals surface area contributed by atoms with Gasteiger partial charge in [0.05, 0.1) is 0 Å². The minimum atomic E-state index is 0.293. The molecule has 18 heavy (non-hydrogen) atoms. The van der Waals surface area contributed by atoms with Crippen molar-refractivity contribution < 1.29 is 0 Å². The van der Waals surface area contributed by atoms with Gasteiger partial charge in [-0.1, -0.05) is 76.0 Å². The van der Waals surface area contributed by atoms with Gasteiger partial charge in [0.2, 0.25) is 0 Å². The van der Waals surface area contributed by atoms with Crippen LogP contribution in [0.1, 0.15) is 52.5 Å². The molecular weight excluding hydrogens is 222 g/mol. The van der Waals surface area contributed by atoms with E-state index in [0.717, 1.165) is 6.42 Å². The first-order valence-electron chi connectivity index (χ1n) is 6.58. The second-order valence-corrected chi connectivity index (χ2v) is 5.28. The van der Waals surface area contributed by atoms with Gasteiger partial charge < -0.3 is 0 Å². The molecule has 1 rings (SSSR count). The van der Waals surface area contributed by atoms with Gasteiger partial charge in [-0.25, -0.2) is 0 Å². The Hall–Kier alpha value is -1.47. The predicted molar refractivity (Wildman–Crippen MR) is 78.7 cm³/mol. The zero-order valence-corrected chi connectivity index (χ0v) is 12.1. The first-order chi connectivity index (χ1) is 8.52. The Morgan fingerprint density at radius 2 is 1.72 bits per heavy atom. The van der Waals surface area contributed by atoms with Crippen molar-refractivity contribution in [1.82, 2.24) is 0 Å². The molecule has 3 nitrogen and oxygen atoms in total. The molecule has 0 fully saturated rings. The van der Waals surface area contributed by atoms with Crippen molar-refractivity contribution in [3.05, 3.63) is 46.3 Å². The van der Waals surface area contributed by atoms with Crippen LogP contribution in [0, 0.1) is 0 Å². The van der Waals surface area contributed by atoms with Crippen LogP contribution in [0.5, 0.6) is 0 Å². The van der Waals surface area contributed by atoms with Crippen molar-refractivity contribution in [2.24, 2.45) is 5.11 Å². The molecule has 0 heterocycles. The van der Waals surface area contributed by atoms with Crippen molar-refractivity contribution in [3.63, 3.8) is 0 Å². The van der Waals surface area contributed by atoms with E-state index >= 15 is 0 Å². The van der Waals surface area contributed by atoms with Crippen molar-refractivity contribution in [2.45, 2.75) is 52.4 Å². The summed E-state index contributed by atoms with van der Waals surface area (Å²) in [5, 5.41) is 3.39. The lowest BCUT2D eigenvalue weighted by molar-refractivity contribution is 0.590. The molecule has 1 aromatic rings. The summed E-state index contributed by atoms with van der Waals surface area (Å²) in [7, 11) is 0. The first-order valence-corrected chi connectivity index (χ1v) is 6.58. The Labute approximate surface area is 111 Å². The normalized spacial score (nSPS) is 10.0.